The SMILES string of the molecule is O=C(NC[C@H]1[C@H]2CN(Cc3cccc(F)c3)C[C@]23CC[C@H]1O3)c1cscn1. The number of likely N-dealkylation sites (tertiary alicyclic amines) is 1. The quantitative estimate of drug-likeness (QED) is 0.857. The minimum atomic E-state index is -0.190. The predicted octanol–water partition coefficient (Wildman–Crippen LogP) is 2.69. The van der Waals surface area contributed by atoms with Crippen LogP contribution < -0.4 is 5.32 Å². The summed E-state index contributed by atoms with van der Waals surface area (Å²) in [5.74, 6) is 0.451. The molecule has 0 unspecified atom stereocenters. The molecule has 27 heavy (non-hydrogen) atoms. The Labute approximate surface area is 161 Å². The van der Waals surface area contributed by atoms with Gasteiger partial charge in [0, 0.05) is 43.4 Å². The Morgan fingerprint density at radius 3 is 3.22 bits per heavy atom. The van der Waals surface area contributed by atoms with Crippen molar-refractivity contribution in [2.45, 2.75) is 31.1 Å². The summed E-state index contributed by atoms with van der Waals surface area (Å²) in [6.07, 6.45) is 2.38. The molecule has 4 heterocycles. The molecule has 4 atom stereocenters. The maximum atomic E-state index is 13.5. The first-order valence-electron chi connectivity index (χ1n) is 9.44. The highest BCUT2D eigenvalue weighted by Crippen LogP contribution is 2.54. The molecule has 0 radical (unpaired) electrons. The molecule has 142 valence electrons. The van der Waals surface area contributed by atoms with Crippen LogP contribution in [0, 0.1) is 17.7 Å². The number of hydrogen-bond donors (Lipinski definition) is 1. The number of halogens is 1. The number of benzene rings is 1. The van der Waals surface area contributed by atoms with Gasteiger partial charge in [-0.15, -0.1) is 11.3 Å². The largest absolute Gasteiger partial charge is 0.370 e. The van der Waals surface area contributed by atoms with Crippen molar-refractivity contribution in [2.24, 2.45) is 11.8 Å². The van der Waals surface area contributed by atoms with Crippen LogP contribution in [0.3, 0.4) is 0 Å². The zero-order valence-corrected chi connectivity index (χ0v) is 15.8. The lowest BCUT2D eigenvalue weighted by Gasteiger charge is -2.29. The van der Waals surface area contributed by atoms with Gasteiger partial charge < -0.3 is 10.1 Å². The first kappa shape index (κ1) is 17.3. The van der Waals surface area contributed by atoms with E-state index in [1.807, 2.05) is 6.07 Å². The average Bonchev–Trinajstić information content (AvgIpc) is 3.40. The van der Waals surface area contributed by atoms with Crippen molar-refractivity contribution in [3.63, 3.8) is 0 Å². The first-order valence-corrected chi connectivity index (χ1v) is 10.4. The zero-order chi connectivity index (χ0) is 18.4. The number of carbonyl (C=O) groups excluding carboxylic acids is 1. The maximum absolute atomic E-state index is 13.5. The highest BCUT2D eigenvalue weighted by Gasteiger charge is 2.62. The minimum absolute atomic E-state index is 0.0893. The standard InChI is InChI=1S/C20H22FN3O2S/c21-14-3-1-2-13(6-14)8-24-9-16-15(18-4-5-20(16,11-24)26-18)7-22-19(25)17-10-27-12-23-17/h1-3,6,10,12,15-16,18H,4-5,7-9,11H2,(H,22,25)/t15-,16+,18+,20+/m0/s1. The van der Waals surface area contributed by atoms with Gasteiger partial charge in [-0.25, -0.2) is 9.37 Å². The van der Waals surface area contributed by atoms with E-state index < -0.39 is 0 Å². The van der Waals surface area contributed by atoms with E-state index in [0.29, 0.717) is 24.1 Å². The Bertz CT molecular complexity index is 846. The monoisotopic (exact) mass is 387 g/mol. The van der Waals surface area contributed by atoms with Crippen molar-refractivity contribution in [2.75, 3.05) is 19.6 Å². The lowest BCUT2D eigenvalue weighted by Crippen LogP contribution is -2.42. The first-order chi connectivity index (χ1) is 13.1. The van der Waals surface area contributed by atoms with Crippen molar-refractivity contribution in [1.29, 1.82) is 0 Å². The van der Waals surface area contributed by atoms with Gasteiger partial charge in [-0.3, -0.25) is 9.69 Å². The van der Waals surface area contributed by atoms with Crippen LogP contribution >= 0.6 is 11.3 Å². The van der Waals surface area contributed by atoms with Gasteiger partial charge in [0.2, 0.25) is 0 Å². The van der Waals surface area contributed by atoms with Crippen LogP contribution in [0.4, 0.5) is 4.39 Å². The number of ether oxygens (including phenoxy) is 1. The van der Waals surface area contributed by atoms with E-state index in [1.54, 1.807) is 23.0 Å². The predicted molar refractivity (Wildman–Crippen MR) is 99.9 cm³/mol. The maximum Gasteiger partial charge on any atom is 0.270 e. The topological polar surface area (TPSA) is 54.5 Å². The van der Waals surface area contributed by atoms with E-state index in [4.69, 9.17) is 4.74 Å². The Balaban J connectivity index is 1.26. The van der Waals surface area contributed by atoms with Crippen molar-refractivity contribution in [3.8, 4) is 0 Å². The molecule has 3 fully saturated rings. The number of carbonyl (C=O) groups is 1. The van der Waals surface area contributed by atoms with E-state index in [1.165, 1.54) is 17.4 Å². The van der Waals surface area contributed by atoms with Gasteiger partial charge in [0.05, 0.1) is 17.2 Å². The highest BCUT2D eigenvalue weighted by atomic mass is 32.1. The molecule has 0 saturated carbocycles. The summed E-state index contributed by atoms with van der Waals surface area (Å²) in [4.78, 5) is 18.7. The third-order valence-corrected chi connectivity index (χ3v) is 6.90. The molecule has 1 aromatic carbocycles. The molecule has 1 amide bonds. The zero-order valence-electron chi connectivity index (χ0n) is 14.9. The number of nitrogens with one attached hydrogen (secondary N) is 1. The van der Waals surface area contributed by atoms with Crippen LogP contribution in [0.1, 0.15) is 28.9 Å². The fourth-order valence-corrected chi connectivity index (χ4v) is 5.73. The highest BCUT2D eigenvalue weighted by molar-refractivity contribution is 7.07. The minimum Gasteiger partial charge on any atom is -0.370 e. The van der Waals surface area contributed by atoms with E-state index in [9.17, 15) is 9.18 Å². The van der Waals surface area contributed by atoms with E-state index in [-0.39, 0.29) is 23.4 Å². The molecule has 0 aliphatic carbocycles. The number of thiazole rings is 1. The van der Waals surface area contributed by atoms with Gasteiger partial charge in [0.15, 0.2) is 0 Å². The van der Waals surface area contributed by atoms with E-state index in [0.717, 1.165) is 38.0 Å². The fourth-order valence-electron chi connectivity index (χ4n) is 5.20. The van der Waals surface area contributed by atoms with E-state index in [2.05, 4.69) is 15.2 Å². The molecule has 3 aliphatic rings. The number of nitrogens with zero attached hydrogens (tertiary/aromatic N) is 2. The normalized spacial score (nSPS) is 32.0. The second-order valence-electron chi connectivity index (χ2n) is 7.91. The Morgan fingerprint density at radius 1 is 1.48 bits per heavy atom. The number of rotatable bonds is 5. The summed E-state index contributed by atoms with van der Waals surface area (Å²) >= 11 is 1.42. The third-order valence-electron chi connectivity index (χ3n) is 6.31. The summed E-state index contributed by atoms with van der Waals surface area (Å²) in [6, 6.07) is 6.82. The summed E-state index contributed by atoms with van der Waals surface area (Å²) < 4.78 is 19.9. The van der Waals surface area contributed by atoms with Crippen molar-refractivity contribution in [1.82, 2.24) is 15.2 Å². The lowest BCUT2D eigenvalue weighted by atomic mass is 9.73. The second kappa shape index (κ2) is 6.65. The van der Waals surface area contributed by atoms with Crippen molar-refractivity contribution >= 4 is 17.2 Å². The summed E-state index contributed by atoms with van der Waals surface area (Å²) in [5.41, 5.74) is 3.06. The number of aromatic nitrogens is 1. The molecule has 1 N–H and O–H groups in total. The van der Waals surface area contributed by atoms with Crippen LogP contribution in [0.15, 0.2) is 35.2 Å². The molecule has 1 aromatic heterocycles. The van der Waals surface area contributed by atoms with Gasteiger partial charge in [0.1, 0.15) is 11.5 Å². The summed E-state index contributed by atoms with van der Waals surface area (Å²) in [5, 5.41) is 4.82. The molecule has 5 rings (SSSR count). The number of fused-ring (bicyclic) bond motifs is 1. The van der Waals surface area contributed by atoms with Gasteiger partial charge in [-0.1, -0.05) is 12.1 Å². The van der Waals surface area contributed by atoms with Crippen molar-refractivity contribution in [3.05, 3.63) is 52.2 Å². The lowest BCUT2D eigenvalue weighted by molar-refractivity contribution is 0.00212. The molecule has 3 aliphatic heterocycles. The molecule has 7 heteroatoms. The molecule has 2 aromatic rings. The molecule has 1 spiro atoms. The Hall–Kier alpha value is -1.83. The molecule has 3 saturated heterocycles. The molecule has 5 nitrogen and oxygen atoms in total. The Morgan fingerprint density at radius 2 is 2.41 bits per heavy atom. The van der Waals surface area contributed by atoms with E-state index >= 15 is 0 Å². The van der Waals surface area contributed by atoms with Crippen LogP contribution in [0.25, 0.3) is 0 Å². The third kappa shape index (κ3) is 3.07. The number of hydrogen-bond acceptors (Lipinski definition) is 5. The molecular weight excluding hydrogens is 365 g/mol. The molecule has 2 bridgehead atoms. The van der Waals surface area contributed by atoms with Crippen LogP contribution in [0.5, 0.6) is 0 Å². The summed E-state index contributed by atoms with van der Waals surface area (Å²) in [6.45, 7) is 3.19. The molecular formula is C20H22FN3O2S. The van der Waals surface area contributed by atoms with Gasteiger partial charge in [0.25, 0.3) is 5.91 Å². The fraction of sp³-hybridized carbons (Fsp3) is 0.500. The second-order valence-corrected chi connectivity index (χ2v) is 8.63. The number of amides is 1. The average molecular weight is 387 g/mol. The van der Waals surface area contributed by atoms with Crippen LogP contribution in [-0.4, -0.2) is 47.1 Å². The van der Waals surface area contributed by atoms with Gasteiger partial charge >= 0.3 is 0 Å². The van der Waals surface area contributed by atoms with Gasteiger partial charge in [-0.05, 0) is 30.5 Å². The van der Waals surface area contributed by atoms with Crippen LogP contribution in [-0.2, 0) is 11.3 Å². The smallest absolute Gasteiger partial charge is 0.270 e. The van der Waals surface area contributed by atoms with Crippen molar-refractivity contribution < 1.29 is 13.9 Å². The van der Waals surface area contributed by atoms with Gasteiger partial charge in [-0.2, -0.15) is 0 Å². The summed E-state index contributed by atoms with van der Waals surface area (Å²) in [7, 11) is 0. The Kier molecular flexibility index (Phi) is 4.26. The van der Waals surface area contributed by atoms with Crippen LogP contribution in [0.2, 0.25) is 0 Å².